The summed E-state index contributed by atoms with van der Waals surface area (Å²) < 4.78 is 24.1. The molecule has 16 nitrogen and oxygen atoms in total. The summed E-state index contributed by atoms with van der Waals surface area (Å²) >= 11 is 0. The number of unbranched alkanes of at least 4 members (excludes halogenated alkanes) is 2. The van der Waals surface area contributed by atoms with E-state index in [1.165, 1.54) is 17.1 Å². The van der Waals surface area contributed by atoms with Crippen LogP contribution in [0, 0.1) is 11.8 Å². The van der Waals surface area contributed by atoms with E-state index in [-0.39, 0.29) is 60.9 Å². The van der Waals surface area contributed by atoms with Crippen LogP contribution in [0.2, 0.25) is 0 Å². The number of aliphatic hydroxyl groups excluding tert-OH is 2. The molecule has 64 heavy (non-hydrogen) atoms. The number of amides is 3. The van der Waals surface area contributed by atoms with Crippen molar-refractivity contribution in [2.75, 3.05) is 33.3 Å². The molecule has 1 unspecified atom stereocenters. The lowest BCUT2D eigenvalue weighted by molar-refractivity contribution is -0.191. The Bertz CT molecular complexity index is 1690. The summed E-state index contributed by atoms with van der Waals surface area (Å²) in [4.78, 5) is 72.5. The number of methoxy groups -OCH3 is 1. The highest BCUT2D eigenvalue weighted by atomic mass is 16.6. The van der Waals surface area contributed by atoms with Gasteiger partial charge in [0.15, 0.2) is 6.10 Å². The Morgan fingerprint density at radius 3 is 2.39 bits per heavy atom. The Morgan fingerprint density at radius 1 is 1.09 bits per heavy atom. The van der Waals surface area contributed by atoms with Crippen LogP contribution in [0.3, 0.4) is 0 Å². The van der Waals surface area contributed by atoms with Gasteiger partial charge in [0.1, 0.15) is 11.7 Å². The second-order valence-electron chi connectivity index (χ2n) is 18.4. The fourth-order valence-electron chi connectivity index (χ4n) is 8.87. The minimum Gasteiger partial charge on any atom is -0.457 e. The van der Waals surface area contributed by atoms with E-state index in [1.807, 2.05) is 40.7 Å². The number of nitrogens with zero attached hydrogens (tertiary/aromatic N) is 3. The first-order chi connectivity index (χ1) is 30.2. The van der Waals surface area contributed by atoms with Gasteiger partial charge in [0, 0.05) is 75.8 Å². The van der Waals surface area contributed by atoms with Crippen LogP contribution in [-0.2, 0) is 42.9 Å². The highest BCUT2D eigenvalue weighted by Crippen LogP contribution is 2.38. The lowest BCUT2D eigenvalue weighted by atomic mass is 9.88. The van der Waals surface area contributed by atoms with Crippen molar-refractivity contribution in [2.24, 2.45) is 11.8 Å². The van der Waals surface area contributed by atoms with Crippen LogP contribution >= 0.6 is 0 Å². The fourth-order valence-corrected chi connectivity index (χ4v) is 8.87. The van der Waals surface area contributed by atoms with Gasteiger partial charge in [-0.25, -0.2) is 4.79 Å². The number of piperazine rings is 1. The number of rotatable bonds is 18. The molecule has 4 aliphatic heterocycles. The average molecular weight is 902 g/mol. The topological polar surface area (TPSA) is 213 Å². The highest BCUT2D eigenvalue weighted by molar-refractivity contribution is 6.12. The summed E-state index contributed by atoms with van der Waals surface area (Å²) in [6.45, 7) is 17.7. The van der Waals surface area contributed by atoms with Crippen molar-refractivity contribution in [3.8, 4) is 0 Å². The lowest BCUT2D eigenvalue weighted by Crippen LogP contribution is -2.58. The molecular weight excluding hydrogens is 827 g/mol. The van der Waals surface area contributed by atoms with Gasteiger partial charge in [0.05, 0.1) is 36.4 Å². The van der Waals surface area contributed by atoms with Crippen LogP contribution in [0.1, 0.15) is 120 Å². The first-order valence-electron chi connectivity index (χ1n) is 23.0. The summed E-state index contributed by atoms with van der Waals surface area (Å²) in [5.74, 6) is -1.40. The maximum Gasteiger partial charge on any atom is 0.410 e. The van der Waals surface area contributed by atoms with Crippen LogP contribution < -0.4 is 0 Å². The lowest BCUT2D eigenvalue weighted by Gasteiger charge is -2.44. The second kappa shape index (κ2) is 25.6. The first kappa shape index (κ1) is 54.3. The van der Waals surface area contributed by atoms with E-state index in [0.717, 1.165) is 37.7 Å². The number of cyclic esters (lactones) is 1. The van der Waals surface area contributed by atoms with Crippen molar-refractivity contribution in [1.29, 1.82) is 0 Å². The Morgan fingerprint density at radius 2 is 1.77 bits per heavy atom. The predicted octanol–water partition coefficient (Wildman–Crippen LogP) is 5.05. The third kappa shape index (κ3) is 16.1. The van der Waals surface area contributed by atoms with E-state index < -0.39 is 47.7 Å². The molecule has 2 fully saturated rings. The quantitative estimate of drug-likeness (QED) is 0.0411. The maximum absolute atomic E-state index is 14.0. The first-order valence-corrected chi connectivity index (χ1v) is 23.0. The molecule has 4 heterocycles. The fraction of sp³-hybridized carbons (Fsp3) is 0.729. The number of epoxide rings is 1. The van der Waals surface area contributed by atoms with Gasteiger partial charge in [-0.15, -0.1) is 0 Å². The maximum atomic E-state index is 14.0. The van der Waals surface area contributed by atoms with Crippen LogP contribution in [0.15, 0.2) is 48.1 Å². The Hall–Kier alpha value is -4.02. The minimum absolute atomic E-state index is 0.0220. The minimum atomic E-state index is -1.17. The average Bonchev–Trinajstić information content (AvgIpc) is 3.94. The summed E-state index contributed by atoms with van der Waals surface area (Å²) in [7, 11) is 1.56. The van der Waals surface area contributed by atoms with Crippen molar-refractivity contribution >= 4 is 30.0 Å². The third-order valence-electron chi connectivity index (χ3n) is 13.3. The van der Waals surface area contributed by atoms with Gasteiger partial charge in [-0.3, -0.25) is 24.2 Å². The second-order valence-corrected chi connectivity index (χ2v) is 18.4. The van der Waals surface area contributed by atoms with Crippen molar-refractivity contribution in [1.82, 2.24) is 14.7 Å². The molecular formula is C48H75N3O13. The molecule has 0 aromatic heterocycles. The van der Waals surface area contributed by atoms with Gasteiger partial charge in [-0.2, -0.15) is 9.59 Å². The molecule has 16 heteroatoms. The zero-order valence-corrected chi connectivity index (χ0v) is 39.5. The number of allylic oxidation sites excluding steroid dienone is 2. The van der Waals surface area contributed by atoms with Gasteiger partial charge in [0.25, 0.3) is 11.8 Å². The van der Waals surface area contributed by atoms with E-state index >= 15 is 0 Å². The summed E-state index contributed by atoms with van der Waals surface area (Å²) in [6, 6.07) is 0.436. The third-order valence-corrected chi connectivity index (χ3v) is 13.3. The molecule has 0 bridgehead atoms. The molecule has 3 amide bonds. The zero-order chi connectivity index (χ0) is 47.8. The molecule has 0 radical (unpaired) electrons. The monoisotopic (exact) mass is 902 g/mol. The molecule has 4 rings (SSSR count). The van der Waals surface area contributed by atoms with Gasteiger partial charge in [0.2, 0.25) is 0 Å². The SMILES string of the molecule is CC[C@@H]1CN(C(=O)O[C@H]2/C=C/[C@H](C)[C@@H](/C(C)=C/C=C/[C@](C)(O)C[C@H]3O[C@@H]3[C@H](C)[C@@H](O)CC)OC(=O)C[C@H](O)CC[C@@]2(C)OC)CCN1C(C)CCCCCN1C(=O)C=CC1=O.O=C=O. The van der Waals surface area contributed by atoms with Crippen molar-refractivity contribution < 1.29 is 63.0 Å². The summed E-state index contributed by atoms with van der Waals surface area (Å²) in [5.41, 5.74) is -1.46. The molecule has 360 valence electrons. The Kier molecular flexibility index (Phi) is 21.7. The van der Waals surface area contributed by atoms with Gasteiger partial charge < -0.3 is 39.2 Å². The van der Waals surface area contributed by atoms with E-state index in [1.54, 1.807) is 43.2 Å². The molecule has 0 aromatic carbocycles. The van der Waals surface area contributed by atoms with Crippen LogP contribution in [0.25, 0.3) is 0 Å². The zero-order valence-electron chi connectivity index (χ0n) is 39.5. The Balaban J connectivity index is 0.00000353. The van der Waals surface area contributed by atoms with Crippen LogP contribution in [-0.4, -0.2) is 153 Å². The molecule has 0 saturated carbocycles. The summed E-state index contributed by atoms with van der Waals surface area (Å²) in [6.07, 6.45) is 14.0. The smallest absolute Gasteiger partial charge is 0.410 e. The predicted molar refractivity (Wildman–Crippen MR) is 237 cm³/mol. The van der Waals surface area contributed by atoms with Gasteiger partial charge in [-0.1, -0.05) is 64.8 Å². The van der Waals surface area contributed by atoms with Crippen LogP contribution in [0.4, 0.5) is 4.79 Å². The number of carbonyl (C=O) groups excluding carboxylic acids is 6. The van der Waals surface area contributed by atoms with Gasteiger partial charge in [-0.05, 0) is 77.9 Å². The van der Waals surface area contributed by atoms with Crippen molar-refractivity contribution in [3.63, 3.8) is 0 Å². The highest BCUT2D eigenvalue weighted by Gasteiger charge is 2.47. The van der Waals surface area contributed by atoms with E-state index in [0.29, 0.717) is 51.5 Å². The normalized spacial score (nSPS) is 31.1. The molecule has 0 spiro atoms. The molecule has 4 aliphatic rings. The van der Waals surface area contributed by atoms with Crippen LogP contribution in [0.5, 0.6) is 0 Å². The number of carbonyl (C=O) groups is 4. The standard InChI is InChI=1S/C47H75N3O11.CO2/c1-10-35-30-48(26-27-49(35)33(5)17-13-12-14-25-50-40(53)20-21-41(50)54)45(56)60-39-19-18-32(4)43(61-42(55)28-36(51)22-24-47(39,8)58-9)31(3)16-15-23-46(7,57)29-38-44(59-38)34(6)37(52)11-2;2-1-3/h15-16,18-21,23,32-39,43-44,51-52,57H,10-14,17,22,24-30H2,1-9H3;/b19-18+,23-15+,31-16+;/t32-,33?,34+,35+,36+,37-,38+,39-,43+,44+,46-,47+;/m0./s1. The molecule has 3 N–H and O–H groups in total. The van der Waals surface area contributed by atoms with E-state index in [9.17, 15) is 34.5 Å². The number of ether oxygens (including phenoxy) is 4. The van der Waals surface area contributed by atoms with Gasteiger partial charge >= 0.3 is 18.2 Å². The van der Waals surface area contributed by atoms with E-state index in [2.05, 4.69) is 18.7 Å². The van der Waals surface area contributed by atoms with E-state index in [4.69, 9.17) is 28.5 Å². The number of hydrogen-bond donors (Lipinski definition) is 3. The number of aliphatic hydroxyl groups is 3. The molecule has 0 aromatic rings. The number of esters is 1. The summed E-state index contributed by atoms with van der Waals surface area (Å²) in [5, 5.41) is 32.3. The number of imide groups is 1. The number of hydrogen-bond acceptors (Lipinski definition) is 14. The molecule has 2 saturated heterocycles. The molecule has 0 aliphatic carbocycles. The van der Waals surface area contributed by atoms with Crippen molar-refractivity contribution in [3.05, 3.63) is 48.1 Å². The molecule has 12 atom stereocenters. The largest absolute Gasteiger partial charge is 0.457 e. The Labute approximate surface area is 379 Å². The van der Waals surface area contributed by atoms with Crippen molar-refractivity contribution in [2.45, 2.75) is 180 Å².